The van der Waals surface area contributed by atoms with Crippen molar-refractivity contribution in [2.75, 3.05) is 31.5 Å². The number of anilines is 1. The van der Waals surface area contributed by atoms with Gasteiger partial charge in [-0.2, -0.15) is 9.61 Å². The number of carbonyl (C=O) groups is 1. The molecule has 1 aliphatic rings. The van der Waals surface area contributed by atoms with Gasteiger partial charge >= 0.3 is 6.03 Å². The van der Waals surface area contributed by atoms with Gasteiger partial charge in [-0.1, -0.05) is 47.2 Å². The molecule has 5 rings (SSSR count). The van der Waals surface area contributed by atoms with Gasteiger partial charge in [-0.15, -0.1) is 0 Å². The van der Waals surface area contributed by atoms with Crippen LogP contribution in [0.5, 0.6) is 0 Å². The van der Waals surface area contributed by atoms with Crippen molar-refractivity contribution in [3.8, 4) is 10.6 Å². The summed E-state index contributed by atoms with van der Waals surface area (Å²) in [6.45, 7) is 7.23. The van der Waals surface area contributed by atoms with E-state index >= 15 is 0 Å². The topological polar surface area (TPSA) is 82.8 Å². The molecule has 4 aromatic rings. The highest BCUT2D eigenvalue weighted by Gasteiger charge is 2.22. The number of aryl methyl sites for hydroxylation is 1. The number of hydrogen-bond acceptors (Lipinski definition) is 6. The first kappa shape index (κ1) is 23.5. The summed E-state index contributed by atoms with van der Waals surface area (Å²) in [6.07, 6.45) is 0. The Morgan fingerprint density at radius 2 is 1.83 bits per heavy atom. The van der Waals surface area contributed by atoms with E-state index in [-0.39, 0.29) is 11.6 Å². The molecule has 2 amide bonds. The third kappa shape index (κ3) is 5.07. The fourth-order valence-corrected chi connectivity index (χ4v) is 5.12. The molecule has 10 heteroatoms. The summed E-state index contributed by atoms with van der Waals surface area (Å²) in [6, 6.07) is 14.7. The molecule has 1 fully saturated rings. The van der Waals surface area contributed by atoms with Crippen LogP contribution < -0.4 is 10.9 Å². The quantitative estimate of drug-likeness (QED) is 0.440. The number of piperazine rings is 1. The number of benzene rings is 2. The number of nitrogens with one attached hydrogen (secondary N) is 1. The number of amides is 2. The van der Waals surface area contributed by atoms with Crippen molar-refractivity contribution in [2.24, 2.45) is 0 Å². The number of hydrogen-bond donors (Lipinski definition) is 1. The van der Waals surface area contributed by atoms with Crippen LogP contribution >= 0.6 is 22.9 Å². The van der Waals surface area contributed by atoms with Crippen molar-refractivity contribution >= 4 is 39.6 Å². The normalized spacial score (nSPS) is 14.4. The van der Waals surface area contributed by atoms with E-state index in [0.29, 0.717) is 53.4 Å². The first-order chi connectivity index (χ1) is 16.9. The molecule has 0 spiro atoms. The molecule has 1 aliphatic heterocycles. The molecule has 0 bridgehead atoms. The molecule has 2 aromatic heterocycles. The minimum Gasteiger partial charge on any atom is -0.322 e. The Bertz CT molecular complexity index is 1440. The highest BCUT2D eigenvalue weighted by Crippen LogP contribution is 2.26. The lowest BCUT2D eigenvalue weighted by Crippen LogP contribution is -2.49. The summed E-state index contributed by atoms with van der Waals surface area (Å²) < 4.78 is 1.34. The van der Waals surface area contributed by atoms with Gasteiger partial charge in [0.2, 0.25) is 4.96 Å². The second kappa shape index (κ2) is 9.77. The van der Waals surface area contributed by atoms with E-state index in [0.717, 1.165) is 22.4 Å². The van der Waals surface area contributed by atoms with Crippen LogP contribution in [0.25, 0.3) is 15.5 Å². The maximum atomic E-state index is 12.8. The Kier molecular flexibility index (Phi) is 6.55. The van der Waals surface area contributed by atoms with Crippen molar-refractivity contribution < 1.29 is 4.79 Å². The number of nitrogens with zero attached hydrogens (tertiary/aromatic N) is 5. The highest BCUT2D eigenvalue weighted by atomic mass is 35.5. The molecule has 2 aromatic carbocycles. The van der Waals surface area contributed by atoms with Crippen LogP contribution in [0.4, 0.5) is 10.5 Å². The lowest BCUT2D eigenvalue weighted by molar-refractivity contribution is 0.142. The van der Waals surface area contributed by atoms with E-state index in [4.69, 9.17) is 11.6 Å². The molecule has 180 valence electrons. The van der Waals surface area contributed by atoms with Gasteiger partial charge in [0.15, 0.2) is 0 Å². The van der Waals surface area contributed by atoms with Crippen LogP contribution in [0, 0.1) is 13.8 Å². The first-order valence-electron chi connectivity index (χ1n) is 11.4. The number of halogens is 1. The Balaban J connectivity index is 1.23. The highest BCUT2D eigenvalue weighted by molar-refractivity contribution is 7.19. The second-order valence-corrected chi connectivity index (χ2v) is 10.0. The molecule has 1 saturated heterocycles. The fourth-order valence-electron chi connectivity index (χ4n) is 4.07. The van der Waals surface area contributed by atoms with E-state index in [2.05, 4.69) is 20.3 Å². The summed E-state index contributed by atoms with van der Waals surface area (Å²) in [5.41, 5.74) is 4.46. The molecule has 1 N–H and O–H groups in total. The largest absolute Gasteiger partial charge is 0.322 e. The number of carbonyl (C=O) groups excluding carboxylic acids is 1. The molecule has 8 nitrogen and oxygen atoms in total. The van der Waals surface area contributed by atoms with Crippen LogP contribution in [0.3, 0.4) is 0 Å². The predicted octanol–water partition coefficient (Wildman–Crippen LogP) is 4.44. The Hall–Kier alpha value is -3.27. The zero-order valence-corrected chi connectivity index (χ0v) is 21.1. The van der Waals surface area contributed by atoms with Gasteiger partial charge in [0.1, 0.15) is 5.01 Å². The minimum absolute atomic E-state index is 0.0875. The van der Waals surface area contributed by atoms with E-state index in [9.17, 15) is 9.59 Å². The zero-order chi connectivity index (χ0) is 24.5. The van der Waals surface area contributed by atoms with Crippen LogP contribution in [0.15, 0.2) is 53.3 Å². The van der Waals surface area contributed by atoms with Crippen molar-refractivity contribution in [1.82, 2.24) is 24.4 Å². The smallest absolute Gasteiger partial charge is 0.321 e. The molecule has 0 aliphatic carbocycles. The lowest BCUT2D eigenvalue weighted by atomic mass is 10.1. The lowest BCUT2D eigenvalue weighted by Gasteiger charge is -2.34. The van der Waals surface area contributed by atoms with Gasteiger partial charge in [0, 0.05) is 55.1 Å². The van der Waals surface area contributed by atoms with Crippen LogP contribution in [0.1, 0.15) is 16.8 Å². The van der Waals surface area contributed by atoms with E-state index in [1.54, 1.807) is 12.1 Å². The van der Waals surface area contributed by atoms with Crippen LogP contribution in [-0.2, 0) is 6.54 Å². The minimum atomic E-state index is -0.201. The number of fused-ring (bicyclic) bond motifs is 1. The molecular weight excluding hydrogens is 484 g/mol. The van der Waals surface area contributed by atoms with Gasteiger partial charge in [-0.05, 0) is 43.2 Å². The maximum absolute atomic E-state index is 12.8. The second-order valence-electron chi connectivity index (χ2n) is 8.64. The van der Waals surface area contributed by atoms with Crippen molar-refractivity contribution in [1.29, 1.82) is 0 Å². The van der Waals surface area contributed by atoms with Gasteiger partial charge < -0.3 is 10.2 Å². The Morgan fingerprint density at radius 1 is 1.09 bits per heavy atom. The Morgan fingerprint density at radius 3 is 2.57 bits per heavy atom. The summed E-state index contributed by atoms with van der Waals surface area (Å²) >= 11 is 7.35. The van der Waals surface area contributed by atoms with Gasteiger partial charge in [-0.3, -0.25) is 9.69 Å². The van der Waals surface area contributed by atoms with Crippen LogP contribution in [0.2, 0.25) is 5.02 Å². The standard InChI is InChI=1S/C25H25ClN6O2S/c1-16-4-3-5-21(17(16)2)28-24(34)31-12-10-30(11-13-31)15-20-14-22(33)32-25(27-20)35-23(29-32)18-6-8-19(26)9-7-18/h3-9,14H,10-13,15H2,1-2H3,(H,28,34). The van der Waals surface area contributed by atoms with E-state index in [1.807, 2.05) is 49.1 Å². The summed E-state index contributed by atoms with van der Waals surface area (Å²) in [5, 5.41) is 8.82. The molecule has 0 atom stereocenters. The van der Waals surface area contributed by atoms with Gasteiger partial charge in [0.25, 0.3) is 5.56 Å². The van der Waals surface area contributed by atoms with Gasteiger partial charge in [-0.25, -0.2) is 9.78 Å². The predicted molar refractivity (Wildman–Crippen MR) is 139 cm³/mol. The van der Waals surface area contributed by atoms with Crippen molar-refractivity contribution in [3.05, 3.63) is 80.7 Å². The molecule has 0 saturated carbocycles. The first-order valence-corrected chi connectivity index (χ1v) is 12.6. The summed E-state index contributed by atoms with van der Waals surface area (Å²) in [5.74, 6) is 0. The van der Waals surface area contributed by atoms with Crippen molar-refractivity contribution in [2.45, 2.75) is 20.4 Å². The zero-order valence-electron chi connectivity index (χ0n) is 19.5. The van der Waals surface area contributed by atoms with E-state index in [1.165, 1.54) is 21.9 Å². The third-order valence-electron chi connectivity index (χ3n) is 6.28. The SMILES string of the molecule is Cc1cccc(NC(=O)N2CCN(Cc3cc(=O)n4nc(-c5ccc(Cl)cc5)sc4n3)CC2)c1C. The number of rotatable bonds is 4. The maximum Gasteiger partial charge on any atom is 0.321 e. The van der Waals surface area contributed by atoms with E-state index < -0.39 is 0 Å². The van der Waals surface area contributed by atoms with Crippen molar-refractivity contribution in [3.63, 3.8) is 0 Å². The Labute approximate surface area is 211 Å². The summed E-state index contributed by atoms with van der Waals surface area (Å²) in [7, 11) is 0. The monoisotopic (exact) mass is 508 g/mol. The fraction of sp³-hybridized carbons (Fsp3) is 0.280. The molecule has 3 heterocycles. The number of aromatic nitrogens is 3. The molecule has 35 heavy (non-hydrogen) atoms. The molecule has 0 unspecified atom stereocenters. The average Bonchev–Trinajstić information content (AvgIpc) is 3.28. The summed E-state index contributed by atoms with van der Waals surface area (Å²) in [4.78, 5) is 34.7. The molecule has 0 radical (unpaired) electrons. The van der Waals surface area contributed by atoms with Crippen LogP contribution in [-0.4, -0.2) is 56.6 Å². The molecular formula is C25H25ClN6O2S. The number of urea groups is 1. The average molecular weight is 509 g/mol. The van der Waals surface area contributed by atoms with Gasteiger partial charge in [0.05, 0.1) is 5.69 Å². The third-order valence-corrected chi connectivity index (χ3v) is 7.49.